The van der Waals surface area contributed by atoms with Gasteiger partial charge in [-0.25, -0.2) is 4.68 Å². The van der Waals surface area contributed by atoms with Gasteiger partial charge in [0.05, 0.1) is 18.4 Å². The lowest BCUT2D eigenvalue weighted by molar-refractivity contribution is 0.367. The van der Waals surface area contributed by atoms with Crippen LogP contribution in [0.15, 0.2) is 11.0 Å². The number of nitrogens with one attached hydrogen (secondary N) is 1. The summed E-state index contributed by atoms with van der Waals surface area (Å²) < 4.78 is 1.42. The largest absolute Gasteiger partial charge is 0.382 e. The minimum atomic E-state index is -0.218. The van der Waals surface area contributed by atoms with Crippen LogP contribution in [0.1, 0.15) is 25.7 Å². The molecule has 0 bridgehead atoms. The number of aromatic nitrogens is 2. The van der Waals surface area contributed by atoms with E-state index in [1.165, 1.54) is 30.4 Å². The van der Waals surface area contributed by atoms with Crippen LogP contribution < -0.4 is 10.9 Å². The second-order valence-corrected chi connectivity index (χ2v) is 6.11. The Balaban J connectivity index is 2.00. The van der Waals surface area contributed by atoms with Crippen molar-refractivity contribution >= 4 is 17.3 Å². The van der Waals surface area contributed by atoms with Gasteiger partial charge in [-0.05, 0) is 32.9 Å². The Hall–Kier alpha value is -1.07. The molecule has 6 heteroatoms. The van der Waals surface area contributed by atoms with Crippen LogP contribution in [0.3, 0.4) is 0 Å². The molecule has 1 aliphatic rings. The van der Waals surface area contributed by atoms with Crippen LogP contribution >= 0.6 is 11.6 Å². The van der Waals surface area contributed by atoms with Gasteiger partial charge < -0.3 is 10.2 Å². The Morgan fingerprint density at radius 1 is 1.45 bits per heavy atom. The maximum Gasteiger partial charge on any atom is 0.287 e. The topological polar surface area (TPSA) is 50.2 Å². The molecule has 0 radical (unpaired) electrons. The quantitative estimate of drug-likeness (QED) is 0.873. The predicted molar refractivity (Wildman–Crippen MR) is 82.5 cm³/mol. The summed E-state index contributed by atoms with van der Waals surface area (Å²) in [6.45, 7) is 2.19. The van der Waals surface area contributed by atoms with Crippen molar-refractivity contribution in [3.63, 3.8) is 0 Å². The monoisotopic (exact) mass is 298 g/mol. The highest BCUT2D eigenvalue weighted by molar-refractivity contribution is 6.32. The molecular weight excluding hydrogens is 276 g/mol. The molecule has 0 spiro atoms. The molecule has 0 aliphatic heterocycles. The predicted octanol–water partition coefficient (Wildman–Crippen LogP) is 2.06. The Kier molecular flexibility index (Phi) is 5.43. The summed E-state index contributed by atoms with van der Waals surface area (Å²) in [7, 11) is 3.92. The SMILES string of the molecule is CN(C)CCn1ncc(NCC2CCCC2)c(Cl)c1=O. The highest BCUT2D eigenvalue weighted by atomic mass is 35.5. The highest BCUT2D eigenvalue weighted by Crippen LogP contribution is 2.25. The summed E-state index contributed by atoms with van der Waals surface area (Å²) in [4.78, 5) is 14.1. The zero-order valence-electron chi connectivity index (χ0n) is 12.2. The van der Waals surface area contributed by atoms with Gasteiger partial charge in [0.15, 0.2) is 0 Å². The molecule has 1 fully saturated rings. The highest BCUT2D eigenvalue weighted by Gasteiger charge is 2.16. The molecule has 112 valence electrons. The van der Waals surface area contributed by atoms with E-state index in [2.05, 4.69) is 10.4 Å². The van der Waals surface area contributed by atoms with Crippen molar-refractivity contribution in [3.05, 3.63) is 21.6 Å². The summed E-state index contributed by atoms with van der Waals surface area (Å²) in [5, 5.41) is 7.70. The van der Waals surface area contributed by atoms with Crippen molar-refractivity contribution in [2.75, 3.05) is 32.5 Å². The Bertz CT molecular complexity index is 494. The number of nitrogens with zero attached hydrogens (tertiary/aromatic N) is 3. The van der Waals surface area contributed by atoms with Crippen LogP contribution in [-0.2, 0) is 6.54 Å². The molecule has 0 aromatic carbocycles. The molecule has 0 amide bonds. The van der Waals surface area contributed by atoms with Crippen LogP contribution in [0.25, 0.3) is 0 Å². The van der Waals surface area contributed by atoms with E-state index in [1.54, 1.807) is 6.20 Å². The van der Waals surface area contributed by atoms with Gasteiger partial charge in [0.25, 0.3) is 5.56 Å². The normalized spacial score (nSPS) is 16.0. The molecular formula is C14H23ClN4O. The van der Waals surface area contributed by atoms with Crippen LogP contribution in [0, 0.1) is 5.92 Å². The fraction of sp³-hybridized carbons (Fsp3) is 0.714. The minimum Gasteiger partial charge on any atom is -0.382 e. The number of halogens is 1. The summed E-state index contributed by atoms with van der Waals surface area (Å²) in [6.07, 6.45) is 6.80. The molecule has 1 aliphatic carbocycles. The van der Waals surface area contributed by atoms with Crippen molar-refractivity contribution in [1.82, 2.24) is 14.7 Å². The standard InChI is InChI=1S/C14H23ClN4O/c1-18(2)7-8-19-14(20)13(15)12(10-17-19)16-9-11-5-3-4-6-11/h10-11,16H,3-9H2,1-2H3. The molecule has 0 saturated heterocycles. The van der Waals surface area contributed by atoms with E-state index in [9.17, 15) is 4.79 Å². The van der Waals surface area contributed by atoms with Crippen molar-refractivity contribution in [3.8, 4) is 0 Å². The van der Waals surface area contributed by atoms with E-state index in [0.717, 1.165) is 13.1 Å². The summed E-state index contributed by atoms with van der Waals surface area (Å²) in [5.41, 5.74) is 0.439. The molecule has 1 heterocycles. The number of anilines is 1. The number of hydrogen-bond acceptors (Lipinski definition) is 4. The minimum absolute atomic E-state index is 0.218. The van der Waals surface area contributed by atoms with E-state index in [1.807, 2.05) is 19.0 Å². The van der Waals surface area contributed by atoms with Gasteiger partial charge in [0, 0.05) is 13.1 Å². The first-order valence-corrected chi connectivity index (χ1v) is 7.60. The zero-order valence-corrected chi connectivity index (χ0v) is 13.0. The van der Waals surface area contributed by atoms with Gasteiger partial charge in [-0.3, -0.25) is 4.79 Å². The lowest BCUT2D eigenvalue weighted by Crippen LogP contribution is -2.29. The molecule has 20 heavy (non-hydrogen) atoms. The van der Waals surface area contributed by atoms with Crippen LogP contribution in [-0.4, -0.2) is 41.9 Å². The fourth-order valence-corrected chi connectivity index (χ4v) is 2.72. The summed E-state index contributed by atoms with van der Waals surface area (Å²) in [5.74, 6) is 0.697. The third kappa shape index (κ3) is 3.96. The molecule has 5 nitrogen and oxygen atoms in total. The first kappa shape index (κ1) is 15.3. The molecule has 0 unspecified atom stereocenters. The molecule has 1 aromatic heterocycles. The van der Waals surface area contributed by atoms with Crippen LogP contribution in [0.4, 0.5) is 5.69 Å². The second kappa shape index (κ2) is 7.09. The average molecular weight is 299 g/mol. The van der Waals surface area contributed by atoms with Gasteiger partial charge in [0.2, 0.25) is 0 Å². The first-order chi connectivity index (χ1) is 9.58. The summed E-state index contributed by atoms with van der Waals surface area (Å²) in [6, 6.07) is 0. The average Bonchev–Trinajstić information content (AvgIpc) is 2.92. The number of hydrogen-bond donors (Lipinski definition) is 1. The van der Waals surface area contributed by atoms with Crippen molar-refractivity contribution in [2.45, 2.75) is 32.2 Å². The van der Waals surface area contributed by atoms with Crippen molar-refractivity contribution < 1.29 is 0 Å². The van der Waals surface area contributed by atoms with Crippen molar-refractivity contribution in [2.24, 2.45) is 5.92 Å². The van der Waals surface area contributed by atoms with Gasteiger partial charge >= 0.3 is 0 Å². The Morgan fingerprint density at radius 3 is 2.80 bits per heavy atom. The van der Waals surface area contributed by atoms with E-state index >= 15 is 0 Å². The van der Waals surface area contributed by atoms with Gasteiger partial charge in [-0.15, -0.1) is 0 Å². The third-order valence-electron chi connectivity index (χ3n) is 3.80. The maximum atomic E-state index is 12.1. The molecule has 1 N–H and O–H groups in total. The lowest BCUT2D eigenvalue weighted by Gasteiger charge is -2.14. The van der Waals surface area contributed by atoms with Crippen molar-refractivity contribution in [1.29, 1.82) is 0 Å². The van der Waals surface area contributed by atoms with E-state index in [0.29, 0.717) is 18.2 Å². The first-order valence-electron chi connectivity index (χ1n) is 7.22. The van der Waals surface area contributed by atoms with Crippen LogP contribution in [0.2, 0.25) is 5.02 Å². The van der Waals surface area contributed by atoms with Gasteiger partial charge in [-0.2, -0.15) is 5.10 Å². The summed E-state index contributed by atoms with van der Waals surface area (Å²) >= 11 is 6.15. The second-order valence-electron chi connectivity index (χ2n) is 5.74. The Morgan fingerprint density at radius 2 is 2.15 bits per heavy atom. The van der Waals surface area contributed by atoms with E-state index in [4.69, 9.17) is 11.6 Å². The smallest absolute Gasteiger partial charge is 0.287 e. The van der Waals surface area contributed by atoms with Crippen LogP contribution in [0.5, 0.6) is 0 Å². The van der Waals surface area contributed by atoms with Gasteiger partial charge in [0.1, 0.15) is 5.02 Å². The van der Waals surface area contributed by atoms with E-state index < -0.39 is 0 Å². The third-order valence-corrected chi connectivity index (χ3v) is 4.17. The molecule has 1 saturated carbocycles. The van der Waals surface area contributed by atoms with E-state index in [-0.39, 0.29) is 10.6 Å². The number of likely N-dealkylation sites (N-methyl/N-ethyl adjacent to an activating group) is 1. The maximum absolute atomic E-state index is 12.1. The van der Waals surface area contributed by atoms with Gasteiger partial charge in [-0.1, -0.05) is 24.4 Å². The zero-order chi connectivity index (χ0) is 14.5. The fourth-order valence-electron chi connectivity index (χ4n) is 2.51. The molecule has 0 atom stereocenters. The number of rotatable bonds is 6. The molecule has 1 aromatic rings. The molecule has 2 rings (SSSR count). The lowest BCUT2D eigenvalue weighted by atomic mass is 10.1. The Labute approximate surface area is 124 Å².